The number of nitrogens with one attached hydrogen (secondary N) is 2. The first-order valence-electron chi connectivity index (χ1n) is 8.29. The van der Waals surface area contributed by atoms with E-state index in [4.69, 9.17) is 14.2 Å². The highest BCUT2D eigenvalue weighted by Crippen LogP contribution is 2.32. The zero-order chi connectivity index (χ0) is 20.1. The molecule has 0 saturated carbocycles. The van der Waals surface area contributed by atoms with Gasteiger partial charge >= 0.3 is 5.97 Å². The van der Waals surface area contributed by atoms with E-state index in [1.54, 1.807) is 18.2 Å². The van der Waals surface area contributed by atoms with Gasteiger partial charge in [0.1, 0.15) is 13.2 Å². The fourth-order valence-electron chi connectivity index (χ4n) is 2.44. The van der Waals surface area contributed by atoms with E-state index in [1.807, 2.05) is 0 Å². The molecule has 9 nitrogen and oxygen atoms in total. The standard InChI is InChI=1S/C18H18N2O7S/c1-19-28(23,24)14-4-2-3-12(9-14)18(22)27-11-17(21)20-13-5-6-15-16(10-13)26-8-7-25-15/h2-6,9-10,19H,7-8,11H2,1H3,(H,20,21). The molecule has 0 fully saturated rings. The molecule has 0 unspecified atom stereocenters. The van der Waals surface area contributed by atoms with E-state index in [1.165, 1.54) is 31.3 Å². The van der Waals surface area contributed by atoms with Crippen molar-refractivity contribution >= 4 is 27.6 Å². The van der Waals surface area contributed by atoms with E-state index in [9.17, 15) is 18.0 Å². The summed E-state index contributed by atoms with van der Waals surface area (Å²) in [6.07, 6.45) is 0. The highest BCUT2D eigenvalue weighted by atomic mass is 32.2. The van der Waals surface area contributed by atoms with Crippen molar-refractivity contribution in [3.05, 3.63) is 48.0 Å². The number of carbonyl (C=O) groups is 2. The Labute approximate surface area is 161 Å². The Morgan fingerprint density at radius 2 is 1.82 bits per heavy atom. The number of carbonyl (C=O) groups excluding carboxylic acids is 2. The first-order valence-corrected chi connectivity index (χ1v) is 9.77. The molecule has 0 radical (unpaired) electrons. The van der Waals surface area contributed by atoms with Crippen LogP contribution in [-0.4, -0.2) is 47.2 Å². The highest BCUT2D eigenvalue weighted by Gasteiger charge is 2.17. The van der Waals surface area contributed by atoms with Crippen molar-refractivity contribution in [3.8, 4) is 11.5 Å². The van der Waals surface area contributed by atoms with Crippen molar-refractivity contribution in [2.75, 3.05) is 32.2 Å². The molecule has 3 rings (SSSR count). The Balaban J connectivity index is 1.59. The van der Waals surface area contributed by atoms with Crippen LogP contribution in [0.2, 0.25) is 0 Å². The van der Waals surface area contributed by atoms with Crippen LogP contribution in [0.5, 0.6) is 11.5 Å². The molecule has 2 aromatic carbocycles. The Hall–Kier alpha value is -3.11. The summed E-state index contributed by atoms with van der Waals surface area (Å²) in [4.78, 5) is 24.1. The fourth-order valence-corrected chi connectivity index (χ4v) is 3.22. The lowest BCUT2D eigenvalue weighted by atomic mass is 10.2. The molecule has 0 aliphatic carbocycles. The summed E-state index contributed by atoms with van der Waals surface area (Å²) in [6, 6.07) is 10.2. The third kappa shape index (κ3) is 4.59. The van der Waals surface area contributed by atoms with E-state index in [2.05, 4.69) is 10.0 Å². The van der Waals surface area contributed by atoms with Crippen molar-refractivity contribution in [1.82, 2.24) is 4.72 Å². The van der Waals surface area contributed by atoms with Gasteiger partial charge in [0, 0.05) is 11.8 Å². The second kappa shape index (κ2) is 8.28. The number of hydrogen-bond acceptors (Lipinski definition) is 7. The molecule has 28 heavy (non-hydrogen) atoms. The molecule has 0 atom stereocenters. The Bertz CT molecular complexity index is 1000. The summed E-state index contributed by atoms with van der Waals surface area (Å²) in [5.74, 6) is -0.259. The van der Waals surface area contributed by atoms with E-state index in [0.29, 0.717) is 30.4 Å². The number of anilines is 1. The average molecular weight is 406 g/mol. The van der Waals surface area contributed by atoms with Crippen LogP contribution in [0.4, 0.5) is 5.69 Å². The summed E-state index contributed by atoms with van der Waals surface area (Å²) >= 11 is 0. The maximum atomic E-state index is 12.1. The largest absolute Gasteiger partial charge is 0.486 e. The van der Waals surface area contributed by atoms with Crippen molar-refractivity contribution in [2.24, 2.45) is 0 Å². The summed E-state index contributed by atoms with van der Waals surface area (Å²) in [5.41, 5.74) is 0.482. The number of benzene rings is 2. The SMILES string of the molecule is CNS(=O)(=O)c1cccc(C(=O)OCC(=O)Nc2ccc3c(c2)OCCO3)c1. The highest BCUT2D eigenvalue weighted by molar-refractivity contribution is 7.89. The van der Waals surface area contributed by atoms with Gasteiger partial charge in [-0.2, -0.15) is 0 Å². The van der Waals surface area contributed by atoms with Gasteiger partial charge in [0.15, 0.2) is 18.1 Å². The molecule has 1 aliphatic heterocycles. The first kappa shape index (κ1) is 19.6. The fraction of sp³-hybridized carbons (Fsp3) is 0.222. The summed E-state index contributed by atoms with van der Waals surface area (Å²) < 4.78 is 41.5. The van der Waals surface area contributed by atoms with Gasteiger partial charge in [-0.25, -0.2) is 17.9 Å². The Morgan fingerprint density at radius 3 is 2.57 bits per heavy atom. The molecule has 10 heteroatoms. The van der Waals surface area contributed by atoms with Crippen LogP contribution >= 0.6 is 0 Å². The van der Waals surface area contributed by atoms with Crippen LogP contribution in [0.3, 0.4) is 0 Å². The third-order valence-corrected chi connectivity index (χ3v) is 5.22. The zero-order valence-electron chi connectivity index (χ0n) is 14.9. The number of rotatable bonds is 6. The van der Waals surface area contributed by atoms with Crippen molar-refractivity contribution in [1.29, 1.82) is 0 Å². The summed E-state index contributed by atoms with van der Waals surface area (Å²) in [5, 5.41) is 2.59. The lowest BCUT2D eigenvalue weighted by Gasteiger charge is -2.19. The van der Waals surface area contributed by atoms with E-state index in [-0.39, 0.29) is 10.5 Å². The second-order valence-electron chi connectivity index (χ2n) is 5.72. The monoisotopic (exact) mass is 406 g/mol. The predicted octanol–water partition coefficient (Wildman–Crippen LogP) is 1.16. The zero-order valence-corrected chi connectivity index (χ0v) is 15.7. The van der Waals surface area contributed by atoms with E-state index in [0.717, 1.165) is 0 Å². The molecule has 2 aromatic rings. The maximum Gasteiger partial charge on any atom is 0.338 e. The maximum absolute atomic E-state index is 12.1. The van der Waals surface area contributed by atoms with Gasteiger partial charge in [-0.1, -0.05) is 6.07 Å². The quantitative estimate of drug-likeness (QED) is 0.691. The van der Waals surface area contributed by atoms with Gasteiger partial charge in [0.05, 0.1) is 10.5 Å². The number of esters is 1. The van der Waals surface area contributed by atoms with Crippen LogP contribution < -0.4 is 19.5 Å². The Morgan fingerprint density at radius 1 is 1.07 bits per heavy atom. The normalized spacial score (nSPS) is 12.9. The number of sulfonamides is 1. The minimum Gasteiger partial charge on any atom is -0.486 e. The predicted molar refractivity (Wildman–Crippen MR) is 99.0 cm³/mol. The van der Waals surface area contributed by atoms with Gasteiger partial charge in [0.25, 0.3) is 5.91 Å². The molecule has 1 heterocycles. The number of hydrogen-bond donors (Lipinski definition) is 2. The van der Waals surface area contributed by atoms with E-state index < -0.39 is 28.5 Å². The second-order valence-corrected chi connectivity index (χ2v) is 7.60. The number of fused-ring (bicyclic) bond motifs is 1. The Kier molecular flexibility index (Phi) is 5.81. The van der Waals surface area contributed by atoms with Gasteiger partial charge in [0.2, 0.25) is 10.0 Å². The van der Waals surface area contributed by atoms with Gasteiger partial charge in [-0.05, 0) is 37.4 Å². The number of amides is 1. The minimum atomic E-state index is -3.69. The van der Waals surface area contributed by atoms with Crippen molar-refractivity contribution in [3.63, 3.8) is 0 Å². The van der Waals surface area contributed by atoms with Crippen LogP contribution in [0.25, 0.3) is 0 Å². The van der Waals surface area contributed by atoms with Crippen molar-refractivity contribution < 1.29 is 32.2 Å². The lowest BCUT2D eigenvalue weighted by molar-refractivity contribution is -0.119. The molecular weight excluding hydrogens is 388 g/mol. The summed E-state index contributed by atoms with van der Waals surface area (Å²) in [7, 11) is -2.43. The number of ether oxygens (including phenoxy) is 3. The third-order valence-electron chi connectivity index (χ3n) is 3.81. The molecule has 0 saturated heterocycles. The molecule has 0 bridgehead atoms. The molecule has 1 aliphatic rings. The van der Waals surface area contributed by atoms with Gasteiger partial charge in [-0.15, -0.1) is 0 Å². The molecule has 148 valence electrons. The van der Waals surface area contributed by atoms with Crippen LogP contribution in [0, 0.1) is 0 Å². The first-order chi connectivity index (χ1) is 13.4. The van der Waals surface area contributed by atoms with E-state index >= 15 is 0 Å². The van der Waals surface area contributed by atoms with Crippen molar-refractivity contribution in [2.45, 2.75) is 4.90 Å². The minimum absolute atomic E-state index is 0.0171. The lowest BCUT2D eigenvalue weighted by Crippen LogP contribution is -2.22. The molecule has 0 spiro atoms. The van der Waals surface area contributed by atoms with Crippen LogP contribution in [0.15, 0.2) is 47.4 Å². The van der Waals surface area contributed by atoms with Crippen LogP contribution in [-0.2, 0) is 19.6 Å². The molecule has 0 aromatic heterocycles. The molecular formula is C18H18N2O7S. The topological polar surface area (TPSA) is 120 Å². The average Bonchev–Trinajstić information content (AvgIpc) is 2.72. The van der Waals surface area contributed by atoms with Gasteiger partial charge in [-0.3, -0.25) is 4.79 Å². The summed E-state index contributed by atoms with van der Waals surface area (Å²) in [6.45, 7) is 0.353. The van der Waals surface area contributed by atoms with Crippen LogP contribution in [0.1, 0.15) is 10.4 Å². The molecule has 2 N–H and O–H groups in total. The smallest absolute Gasteiger partial charge is 0.338 e. The molecule has 1 amide bonds. The van der Waals surface area contributed by atoms with Gasteiger partial charge < -0.3 is 19.5 Å².